The fourth-order valence-electron chi connectivity index (χ4n) is 3.04. The molecule has 1 N–H and O–H groups in total. The van der Waals surface area contributed by atoms with Gasteiger partial charge >= 0.3 is 0 Å². The van der Waals surface area contributed by atoms with Crippen molar-refractivity contribution in [3.8, 4) is 0 Å². The van der Waals surface area contributed by atoms with Crippen LogP contribution in [-0.2, 0) is 9.59 Å². The summed E-state index contributed by atoms with van der Waals surface area (Å²) in [6.45, 7) is 2.17. The number of nitro benzene ring substituents is 1. The van der Waals surface area contributed by atoms with Crippen LogP contribution in [0, 0.1) is 16.0 Å². The maximum Gasteiger partial charge on any atom is 0.269 e. The van der Waals surface area contributed by atoms with Crippen LogP contribution in [0.1, 0.15) is 24.9 Å². The Hall–Kier alpha value is -3.22. The van der Waals surface area contributed by atoms with Gasteiger partial charge in [0, 0.05) is 30.8 Å². The van der Waals surface area contributed by atoms with Gasteiger partial charge in [-0.05, 0) is 24.6 Å². The Bertz CT molecular complexity index is 820. The molecule has 1 aliphatic heterocycles. The van der Waals surface area contributed by atoms with Gasteiger partial charge < -0.3 is 10.2 Å². The lowest BCUT2D eigenvalue weighted by atomic mass is 10.1. The van der Waals surface area contributed by atoms with Crippen LogP contribution < -0.4 is 10.2 Å². The zero-order chi connectivity index (χ0) is 18.7. The molecule has 2 atom stereocenters. The Morgan fingerprint density at radius 1 is 1.19 bits per heavy atom. The van der Waals surface area contributed by atoms with E-state index in [4.69, 9.17) is 0 Å². The maximum atomic E-state index is 12.5. The summed E-state index contributed by atoms with van der Waals surface area (Å²) in [7, 11) is 0. The molecular weight excluding hydrogens is 334 g/mol. The standard InChI is InChI=1S/C19H19N3O4/c1-13(14-5-3-2-4-6-14)20-19(24)15-11-18(23)21(12-15)16-7-9-17(10-8-16)22(25)26/h2-10,13,15H,11-12H2,1H3,(H,20,24)/t13-,15+/m0/s1. The lowest BCUT2D eigenvalue weighted by Crippen LogP contribution is -2.34. The quantitative estimate of drug-likeness (QED) is 0.661. The summed E-state index contributed by atoms with van der Waals surface area (Å²) in [5.41, 5.74) is 1.52. The number of amides is 2. The van der Waals surface area contributed by atoms with E-state index in [1.165, 1.54) is 29.2 Å². The largest absolute Gasteiger partial charge is 0.349 e. The molecule has 1 aliphatic rings. The zero-order valence-electron chi connectivity index (χ0n) is 14.3. The predicted octanol–water partition coefficient (Wildman–Crippen LogP) is 2.83. The molecule has 1 heterocycles. The molecule has 7 heteroatoms. The maximum absolute atomic E-state index is 12.5. The first-order valence-electron chi connectivity index (χ1n) is 8.36. The molecule has 3 rings (SSSR count). The number of nitro groups is 1. The minimum Gasteiger partial charge on any atom is -0.349 e. The van der Waals surface area contributed by atoms with Gasteiger partial charge in [0.25, 0.3) is 5.69 Å². The average Bonchev–Trinajstić information content (AvgIpc) is 3.04. The summed E-state index contributed by atoms with van der Waals surface area (Å²) in [6.07, 6.45) is 0.129. The summed E-state index contributed by atoms with van der Waals surface area (Å²) in [4.78, 5) is 36.5. The van der Waals surface area contributed by atoms with Gasteiger partial charge in [0.05, 0.1) is 16.9 Å². The van der Waals surface area contributed by atoms with E-state index < -0.39 is 10.8 Å². The lowest BCUT2D eigenvalue weighted by molar-refractivity contribution is -0.384. The smallest absolute Gasteiger partial charge is 0.269 e. The van der Waals surface area contributed by atoms with Crippen molar-refractivity contribution in [1.82, 2.24) is 5.32 Å². The Morgan fingerprint density at radius 3 is 2.46 bits per heavy atom. The third-order valence-corrected chi connectivity index (χ3v) is 4.53. The Kier molecular flexibility index (Phi) is 4.97. The predicted molar refractivity (Wildman–Crippen MR) is 96.6 cm³/mol. The average molecular weight is 353 g/mol. The van der Waals surface area contributed by atoms with E-state index >= 15 is 0 Å². The first-order valence-corrected chi connectivity index (χ1v) is 8.36. The number of hydrogen-bond acceptors (Lipinski definition) is 4. The number of benzene rings is 2. The Morgan fingerprint density at radius 2 is 1.85 bits per heavy atom. The van der Waals surface area contributed by atoms with Crippen molar-refractivity contribution in [2.24, 2.45) is 5.92 Å². The highest BCUT2D eigenvalue weighted by Gasteiger charge is 2.35. The number of rotatable bonds is 5. The third kappa shape index (κ3) is 3.72. The SMILES string of the molecule is C[C@H](NC(=O)[C@@H]1CC(=O)N(c2ccc([N+](=O)[O-])cc2)C1)c1ccccc1. The van der Waals surface area contributed by atoms with Gasteiger partial charge in [-0.25, -0.2) is 0 Å². The number of nitrogens with one attached hydrogen (secondary N) is 1. The monoisotopic (exact) mass is 353 g/mol. The van der Waals surface area contributed by atoms with Gasteiger partial charge in [-0.2, -0.15) is 0 Å². The van der Waals surface area contributed by atoms with Crippen molar-refractivity contribution in [1.29, 1.82) is 0 Å². The Balaban J connectivity index is 1.65. The number of hydrogen-bond donors (Lipinski definition) is 1. The van der Waals surface area contributed by atoms with Gasteiger partial charge in [0.15, 0.2) is 0 Å². The number of non-ortho nitro benzene ring substituents is 1. The second kappa shape index (κ2) is 7.35. The molecule has 0 radical (unpaired) electrons. The minimum atomic E-state index is -0.489. The highest BCUT2D eigenvalue weighted by Crippen LogP contribution is 2.27. The molecule has 0 aliphatic carbocycles. The highest BCUT2D eigenvalue weighted by atomic mass is 16.6. The van der Waals surface area contributed by atoms with E-state index in [9.17, 15) is 19.7 Å². The van der Waals surface area contributed by atoms with Crippen LogP contribution in [0.3, 0.4) is 0 Å². The molecule has 134 valence electrons. The molecule has 2 aromatic rings. The van der Waals surface area contributed by atoms with Crippen LogP contribution in [-0.4, -0.2) is 23.3 Å². The summed E-state index contributed by atoms with van der Waals surface area (Å²) >= 11 is 0. The molecule has 0 aromatic heterocycles. The van der Waals surface area contributed by atoms with Crippen molar-refractivity contribution >= 4 is 23.2 Å². The van der Waals surface area contributed by atoms with Crippen molar-refractivity contribution in [3.63, 3.8) is 0 Å². The third-order valence-electron chi connectivity index (χ3n) is 4.53. The molecule has 2 aromatic carbocycles. The highest BCUT2D eigenvalue weighted by molar-refractivity contribution is 6.00. The second-order valence-corrected chi connectivity index (χ2v) is 6.32. The van der Waals surface area contributed by atoms with E-state index in [-0.39, 0.29) is 36.5 Å². The first-order chi connectivity index (χ1) is 12.5. The van der Waals surface area contributed by atoms with Gasteiger partial charge in [0.2, 0.25) is 11.8 Å². The molecular formula is C19H19N3O4. The van der Waals surface area contributed by atoms with Gasteiger partial charge in [-0.3, -0.25) is 19.7 Å². The number of carbonyl (C=O) groups is 2. The summed E-state index contributed by atoms with van der Waals surface area (Å²) in [5, 5.41) is 13.7. The molecule has 0 unspecified atom stereocenters. The minimum absolute atomic E-state index is 0.0358. The molecule has 0 bridgehead atoms. The van der Waals surface area contributed by atoms with Crippen molar-refractivity contribution < 1.29 is 14.5 Å². The number of carbonyl (C=O) groups excluding carboxylic acids is 2. The second-order valence-electron chi connectivity index (χ2n) is 6.32. The van der Waals surface area contributed by atoms with Crippen molar-refractivity contribution in [2.45, 2.75) is 19.4 Å². The normalized spacial score (nSPS) is 17.8. The summed E-state index contributed by atoms with van der Waals surface area (Å²) in [6, 6.07) is 15.2. The summed E-state index contributed by atoms with van der Waals surface area (Å²) < 4.78 is 0. The molecule has 7 nitrogen and oxygen atoms in total. The molecule has 1 fully saturated rings. The van der Waals surface area contributed by atoms with Crippen LogP contribution in [0.25, 0.3) is 0 Å². The fraction of sp³-hybridized carbons (Fsp3) is 0.263. The van der Waals surface area contributed by atoms with E-state index in [1.807, 2.05) is 37.3 Å². The summed E-state index contributed by atoms with van der Waals surface area (Å²) in [5.74, 6) is -0.769. The molecule has 1 saturated heterocycles. The number of anilines is 1. The zero-order valence-corrected chi connectivity index (χ0v) is 14.3. The Labute approximate surface area is 150 Å². The van der Waals surface area contributed by atoms with Crippen LogP contribution in [0.15, 0.2) is 54.6 Å². The van der Waals surface area contributed by atoms with Crippen LogP contribution in [0.4, 0.5) is 11.4 Å². The van der Waals surface area contributed by atoms with Gasteiger partial charge in [-0.1, -0.05) is 30.3 Å². The molecule has 2 amide bonds. The van der Waals surface area contributed by atoms with E-state index in [2.05, 4.69) is 5.32 Å². The van der Waals surface area contributed by atoms with Crippen molar-refractivity contribution in [3.05, 3.63) is 70.3 Å². The van der Waals surface area contributed by atoms with Crippen LogP contribution in [0.5, 0.6) is 0 Å². The lowest BCUT2D eigenvalue weighted by Gasteiger charge is -2.18. The van der Waals surface area contributed by atoms with Crippen molar-refractivity contribution in [2.75, 3.05) is 11.4 Å². The number of nitrogens with zero attached hydrogens (tertiary/aromatic N) is 2. The molecule has 0 saturated carbocycles. The van der Waals surface area contributed by atoms with Gasteiger partial charge in [-0.15, -0.1) is 0 Å². The van der Waals surface area contributed by atoms with Gasteiger partial charge in [0.1, 0.15) is 0 Å². The first kappa shape index (κ1) is 17.6. The van der Waals surface area contributed by atoms with E-state index in [0.29, 0.717) is 5.69 Å². The van der Waals surface area contributed by atoms with E-state index in [0.717, 1.165) is 5.56 Å². The van der Waals surface area contributed by atoms with Crippen LogP contribution in [0.2, 0.25) is 0 Å². The topological polar surface area (TPSA) is 92.6 Å². The molecule has 0 spiro atoms. The van der Waals surface area contributed by atoms with E-state index in [1.54, 1.807) is 0 Å². The fourth-order valence-corrected chi connectivity index (χ4v) is 3.04. The molecule has 26 heavy (non-hydrogen) atoms. The van der Waals surface area contributed by atoms with Crippen LogP contribution >= 0.6 is 0 Å².